The molecule has 2 heterocycles. The fourth-order valence-electron chi connectivity index (χ4n) is 1.79. The van der Waals surface area contributed by atoms with E-state index >= 15 is 0 Å². The number of hydrogen-bond donors (Lipinski definition) is 1. The van der Waals surface area contributed by atoms with Crippen molar-refractivity contribution in [3.63, 3.8) is 0 Å². The van der Waals surface area contributed by atoms with E-state index in [9.17, 15) is 0 Å². The number of rotatable bonds is 6. The minimum absolute atomic E-state index is 0.106. The van der Waals surface area contributed by atoms with Gasteiger partial charge in [-0.25, -0.2) is 4.98 Å². The molecule has 0 aliphatic heterocycles. The fraction of sp³-hybridized carbons (Fsp3) is 0.400. The average molecular weight is 272 g/mol. The van der Waals surface area contributed by atoms with E-state index in [0.29, 0.717) is 11.8 Å². The van der Waals surface area contributed by atoms with Crippen LogP contribution in [0.2, 0.25) is 0 Å². The summed E-state index contributed by atoms with van der Waals surface area (Å²) in [5.74, 6) is 1.22. The molecule has 5 nitrogen and oxygen atoms in total. The third-order valence-corrected chi connectivity index (χ3v) is 2.63. The van der Waals surface area contributed by atoms with E-state index in [0.717, 1.165) is 18.7 Å². The lowest BCUT2D eigenvalue weighted by molar-refractivity contribution is 0.232. The van der Waals surface area contributed by atoms with Crippen molar-refractivity contribution >= 4 is 5.95 Å². The highest BCUT2D eigenvalue weighted by molar-refractivity contribution is 5.31. The van der Waals surface area contributed by atoms with Gasteiger partial charge < -0.3 is 10.1 Å². The molecule has 1 N–H and O–H groups in total. The van der Waals surface area contributed by atoms with E-state index in [2.05, 4.69) is 20.3 Å². The van der Waals surface area contributed by atoms with Crippen LogP contribution in [0.4, 0.5) is 5.95 Å². The number of aromatic nitrogens is 3. The molecule has 0 saturated heterocycles. The Morgan fingerprint density at radius 1 is 1.20 bits per heavy atom. The highest BCUT2D eigenvalue weighted by atomic mass is 16.5. The van der Waals surface area contributed by atoms with Gasteiger partial charge in [-0.3, -0.25) is 4.98 Å². The van der Waals surface area contributed by atoms with Crippen molar-refractivity contribution < 1.29 is 4.74 Å². The average Bonchev–Trinajstić information content (AvgIpc) is 2.38. The summed E-state index contributed by atoms with van der Waals surface area (Å²) in [4.78, 5) is 12.7. The Hall–Kier alpha value is -2.17. The second-order valence-corrected chi connectivity index (χ2v) is 4.87. The monoisotopic (exact) mass is 272 g/mol. The zero-order valence-corrected chi connectivity index (χ0v) is 12.1. The first-order valence-corrected chi connectivity index (χ1v) is 6.78. The van der Waals surface area contributed by atoms with Crippen LogP contribution >= 0.6 is 0 Å². The molecule has 0 atom stereocenters. The van der Waals surface area contributed by atoms with Crippen LogP contribution in [0.5, 0.6) is 5.88 Å². The molecule has 0 aromatic carbocycles. The van der Waals surface area contributed by atoms with Gasteiger partial charge in [-0.1, -0.05) is 0 Å². The molecule has 0 bridgehead atoms. The Bertz CT molecular complexity index is 543. The topological polar surface area (TPSA) is 59.9 Å². The molecular formula is C15H20N4O. The van der Waals surface area contributed by atoms with Crippen LogP contribution in [0.3, 0.4) is 0 Å². The first-order valence-electron chi connectivity index (χ1n) is 6.78. The van der Waals surface area contributed by atoms with Crippen LogP contribution in [0.1, 0.15) is 25.1 Å². The Morgan fingerprint density at radius 2 is 1.95 bits per heavy atom. The van der Waals surface area contributed by atoms with E-state index in [1.165, 1.54) is 5.56 Å². The Kier molecular flexibility index (Phi) is 4.87. The van der Waals surface area contributed by atoms with Gasteiger partial charge in [0.15, 0.2) is 0 Å². The summed E-state index contributed by atoms with van der Waals surface area (Å²) >= 11 is 0. The van der Waals surface area contributed by atoms with Gasteiger partial charge in [0.25, 0.3) is 0 Å². The number of nitrogens with zero attached hydrogens (tertiary/aromatic N) is 3. The smallest absolute Gasteiger partial charge is 0.226 e. The van der Waals surface area contributed by atoms with Crippen molar-refractivity contribution in [3.8, 4) is 5.88 Å². The molecule has 0 saturated carbocycles. The Labute approximate surface area is 119 Å². The van der Waals surface area contributed by atoms with Gasteiger partial charge in [0, 0.05) is 30.7 Å². The van der Waals surface area contributed by atoms with Crippen LogP contribution in [0, 0.1) is 6.92 Å². The number of anilines is 1. The van der Waals surface area contributed by atoms with Gasteiger partial charge >= 0.3 is 0 Å². The van der Waals surface area contributed by atoms with Crippen LogP contribution in [-0.2, 0) is 6.42 Å². The predicted octanol–water partition coefficient (Wildman–Crippen LogP) is 2.62. The molecule has 20 heavy (non-hydrogen) atoms. The summed E-state index contributed by atoms with van der Waals surface area (Å²) in [5.41, 5.74) is 2.13. The van der Waals surface area contributed by atoms with Crippen molar-refractivity contribution in [2.24, 2.45) is 0 Å². The number of pyridine rings is 1. The molecule has 0 aliphatic rings. The van der Waals surface area contributed by atoms with Crippen LogP contribution in [0.25, 0.3) is 0 Å². The summed E-state index contributed by atoms with van der Waals surface area (Å²) in [6.45, 7) is 6.67. The van der Waals surface area contributed by atoms with Crippen LogP contribution < -0.4 is 10.1 Å². The minimum Gasteiger partial charge on any atom is -0.475 e. The summed E-state index contributed by atoms with van der Waals surface area (Å²) in [7, 11) is 0. The molecular weight excluding hydrogens is 252 g/mol. The first-order chi connectivity index (χ1) is 9.63. The maximum atomic E-state index is 5.60. The molecule has 0 aliphatic carbocycles. The Morgan fingerprint density at radius 3 is 2.65 bits per heavy atom. The fourth-order valence-corrected chi connectivity index (χ4v) is 1.79. The molecule has 0 radical (unpaired) electrons. The van der Waals surface area contributed by atoms with Gasteiger partial charge in [-0.15, -0.1) is 0 Å². The van der Waals surface area contributed by atoms with Crippen molar-refractivity contribution in [1.82, 2.24) is 15.0 Å². The van der Waals surface area contributed by atoms with Gasteiger partial charge in [0.1, 0.15) is 0 Å². The molecule has 0 unspecified atom stereocenters. The highest BCUT2D eigenvalue weighted by Gasteiger charge is 2.04. The normalized spacial score (nSPS) is 10.6. The first kappa shape index (κ1) is 14.2. The van der Waals surface area contributed by atoms with Gasteiger partial charge in [0.2, 0.25) is 11.8 Å². The molecule has 0 amide bonds. The summed E-state index contributed by atoms with van der Waals surface area (Å²) in [6, 6.07) is 5.85. The molecule has 2 aromatic rings. The van der Waals surface area contributed by atoms with Crippen molar-refractivity contribution in [3.05, 3.63) is 41.9 Å². The minimum atomic E-state index is 0.106. The van der Waals surface area contributed by atoms with E-state index in [-0.39, 0.29) is 6.10 Å². The second kappa shape index (κ2) is 6.84. The van der Waals surface area contributed by atoms with Gasteiger partial charge in [0.05, 0.1) is 6.10 Å². The summed E-state index contributed by atoms with van der Waals surface area (Å²) < 4.78 is 5.60. The third-order valence-electron chi connectivity index (χ3n) is 2.63. The SMILES string of the molecule is Cc1cc(OC(C)C)nc(NCCc2ccncc2)n1. The maximum absolute atomic E-state index is 5.60. The van der Waals surface area contributed by atoms with E-state index < -0.39 is 0 Å². The molecule has 5 heteroatoms. The summed E-state index contributed by atoms with van der Waals surface area (Å²) in [5, 5.41) is 3.22. The van der Waals surface area contributed by atoms with Crippen molar-refractivity contribution in [2.75, 3.05) is 11.9 Å². The van der Waals surface area contributed by atoms with Gasteiger partial charge in [-0.05, 0) is 44.9 Å². The molecule has 0 fully saturated rings. The molecule has 2 rings (SSSR count). The number of aryl methyl sites for hydroxylation is 1. The third kappa shape index (κ3) is 4.50. The Balaban J connectivity index is 1.93. The number of nitrogens with one attached hydrogen (secondary N) is 1. The van der Waals surface area contributed by atoms with Crippen molar-refractivity contribution in [2.45, 2.75) is 33.3 Å². The van der Waals surface area contributed by atoms with Crippen LogP contribution in [0.15, 0.2) is 30.6 Å². The number of ether oxygens (including phenoxy) is 1. The van der Waals surface area contributed by atoms with Gasteiger partial charge in [-0.2, -0.15) is 4.98 Å². The lowest BCUT2D eigenvalue weighted by Crippen LogP contribution is -2.12. The lowest BCUT2D eigenvalue weighted by atomic mass is 10.2. The highest BCUT2D eigenvalue weighted by Crippen LogP contribution is 2.13. The van der Waals surface area contributed by atoms with Crippen molar-refractivity contribution in [1.29, 1.82) is 0 Å². The predicted molar refractivity (Wildman–Crippen MR) is 79.0 cm³/mol. The molecule has 0 spiro atoms. The maximum Gasteiger partial charge on any atom is 0.226 e. The zero-order chi connectivity index (χ0) is 14.4. The van der Waals surface area contributed by atoms with E-state index in [4.69, 9.17) is 4.74 Å². The quantitative estimate of drug-likeness (QED) is 0.876. The lowest BCUT2D eigenvalue weighted by Gasteiger charge is -2.11. The standard InChI is InChI=1S/C15H20N4O/c1-11(2)20-14-10-12(3)18-15(19-14)17-9-6-13-4-7-16-8-5-13/h4-5,7-8,10-11H,6,9H2,1-3H3,(H,17,18,19). The molecule has 106 valence electrons. The summed E-state index contributed by atoms with van der Waals surface area (Å²) in [6.07, 6.45) is 4.61. The van der Waals surface area contributed by atoms with E-state index in [1.54, 1.807) is 12.4 Å². The zero-order valence-electron chi connectivity index (χ0n) is 12.1. The largest absolute Gasteiger partial charge is 0.475 e. The van der Waals surface area contributed by atoms with Crippen LogP contribution in [-0.4, -0.2) is 27.6 Å². The molecule has 2 aromatic heterocycles. The van der Waals surface area contributed by atoms with E-state index in [1.807, 2.05) is 39.0 Å². The number of hydrogen-bond acceptors (Lipinski definition) is 5. The second-order valence-electron chi connectivity index (χ2n) is 4.87.